The number of thiophene rings is 1. The largest absolute Gasteiger partial charge is 0.309 e. The molecule has 23 aromatic rings. The molecule has 0 saturated heterocycles. The first kappa shape index (κ1) is 69.3. The Hall–Kier alpha value is -15.0. The van der Waals surface area contributed by atoms with Crippen molar-refractivity contribution in [2.75, 3.05) is 0 Å². The third-order valence-corrected chi connectivity index (χ3v) is 35.6. The topological polar surface area (TPSA) is 66.3 Å². The number of hydrogen-bond acceptors (Lipinski definition) is 5. The second-order valence-electron chi connectivity index (χ2n) is 31.4. The van der Waals surface area contributed by atoms with Crippen LogP contribution in [-0.4, -0.2) is 49.8 Å². The fourth-order valence-electron chi connectivity index (χ4n) is 20.0. The minimum atomic E-state index is -2.92. The van der Waals surface area contributed by atoms with Crippen LogP contribution in [0.15, 0.2) is 431 Å². The lowest BCUT2D eigenvalue weighted by atomic mass is 10.0. The Bertz CT molecular complexity index is 7950. The van der Waals surface area contributed by atoms with Crippen molar-refractivity contribution < 1.29 is 0 Å². The molecule has 10 heteroatoms. The monoisotopic (exact) mass is 1580 g/mol. The van der Waals surface area contributed by atoms with Gasteiger partial charge in [0.25, 0.3) is 0 Å². The van der Waals surface area contributed by atoms with Crippen LogP contribution in [0.25, 0.3) is 170 Å². The molecule has 0 amide bonds. The first-order valence-corrected chi connectivity index (χ1v) is 45.8. The van der Waals surface area contributed by atoms with E-state index in [1.54, 1.807) is 0 Å². The number of fused-ring (bicyclic) bond motifs is 18. The van der Waals surface area contributed by atoms with Crippen molar-refractivity contribution in [3.05, 3.63) is 431 Å². The summed E-state index contributed by atoms with van der Waals surface area (Å²) in [6, 6.07) is 157. The first-order valence-electron chi connectivity index (χ1n) is 41.0. The highest BCUT2D eigenvalue weighted by Crippen LogP contribution is 2.45. The zero-order valence-electron chi connectivity index (χ0n) is 65.0. The zero-order valence-corrected chi connectivity index (χ0v) is 67.8. The van der Waals surface area contributed by atoms with Crippen LogP contribution in [0.5, 0.6) is 0 Å². The van der Waals surface area contributed by atoms with Crippen molar-refractivity contribution in [3.63, 3.8) is 0 Å². The summed E-state index contributed by atoms with van der Waals surface area (Å²) in [5.41, 5.74) is 21.2. The van der Waals surface area contributed by atoms with Gasteiger partial charge >= 0.3 is 0 Å². The summed E-state index contributed by atoms with van der Waals surface area (Å²) in [6.45, 7) is 0. The van der Waals surface area contributed by atoms with Gasteiger partial charge in [0.05, 0.1) is 55.1 Å². The van der Waals surface area contributed by atoms with Crippen molar-refractivity contribution in [2.24, 2.45) is 0 Å². The van der Waals surface area contributed by atoms with Gasteiger partial charge in [0, 0.05) is 103 Å². The average molecular weight is 1580 g/mol. The van der Waals surface area contributed by atoms with Gasteiger partial charge in [0.2, 0.25) is 16.1 Å². The van der Waals surface area contributed by atoms with Crippen LogP contribution in [0.4, 0.5) is 0 Å². The van der Waals surface area contributed by atoms with Crippen LogP contribution in [0.3, 0.4) is 0 Å². The third kappa shape index (κ3) is 10.5. The standard InChI is InChI=1S/C58H38N4Si.C52H33N3SSi/c1-5-20-39(21-6-1)56-55-47-32-15-18-35-54(47)63(43-26-9-3-10-27-43,44-28-11-4-12-29-44)58(55)60-57(59-56)40-22-19-25-42(36-40)62-51-34-17-14-31-46(51)49-37-52-48(38-53(49)62)45-30-13-16-33-50(45)61(52)41-23-7-2-8-24-41;1-4-17-34(18-5-1)50-49-41-27-12-15-30-48(41)57(37-21-6-2-7-22-37,38-23-8-3-9-24-38)52(49)54-51(53-50)35-19-16-20-36(31-35)55-44-28-13-10-25-39(44)42-33-47-43(32-45(42)55)40-26-11-14-29-46(40)56-47/h1-38H;1-33H. The van der Waals surface area contributed by atoms with E-state index in [1.807, 2.05) is 11.3 Å². The van der Waals surface area contributed by atoms with E-state index in [9.17, 15) is 0 Å². The number of nitrogens with zero attached hydrogens (tertiary/aromatic N) is 7. The molecule has 6 aromatic heterocycles. The van der Waals surface area contributed by atoms with Crippen LogP contribution >= 0.6 is 11.3 Å². The second kappa shape index (κ2) is 27.8. The van der Waals surface area contributed by atoms with E-state index in [2.05, 4.69) is 444 Å². The fourth-order valence-corrected chi connectivity index (χ4v) is 31.1. The Morgan fingerprint density at radius 1 is 0.208 bits per heavy atom. The number of benzene rings is 17. The summed E-state index contributed by atoms with van der Waals surface area (Å²) < 4.78 is 9.88. The lowest BCUT2D eigenvalue weighted by molar-refractivity contribution is 1.16. The number of rotatable bonds is 11. The lowest BCUT2D eigenvalue weighted by Gasteiger charge is -2.30. The Balaban J connectivity index is 0.000000137. The summed E-state index contributed by atoms with van der Waals surface area (Å²) in [5.74, 6) is 1.46. The minimum absolute atomic E-state index is 0.722. The SMILES string of the molecule is c1ccc(-c2nc(-c3cccc(-n4c5ccccc5c5cc6c(cc54)c4ccccc4n6-c4ccccc4)c3)nc3c2-c2ccccc2[Si]3(c2ccccc2)c2ccccc2)cc1.c1ccc(-c2nc(-c3cccc(-n4c5ccccc5c5cc6sc7ccccc7c6cc54)c3)nc3c2-c2ccccc2[Si]3(c2ccccc2)c2ccccc2)cc1. The van der Waals surface area contributed by atoms with Crippen molar-refractivity contribution in [1.82, 2.24) is 33.6 Å². The molecule has 17 aromatic carbocycles. The molecule has 0 unspecified atom stereocenters. The fraction of sp³-hybridized carbons (Fsp3) is 0. The summed E-state index contributed by atoms with van der Waals surface area (Å²) in [6.07, 6.45) is 0. The van der Waals surface area contributed by atoms with E-state index < -0.39 is 16.1 Å². The Labute approximate surface area is 698 Å². The maximum Gasteiger partial charge on any atom is 0.203 e. The molecule has 25 rings (SSSR count). The van der Waals surface area contributed by atoms with Crippen molar-refractivity contribution in [3.8, 4) is 84.6 Å². The van der Waals surface area contributed by atoms with Gasteiger partial charge in [-0.05, 0) is 127 Å². The maximum atomic E-state index is 5.82. The maximum absolute atomic E-state index is 5.82. The number of hydrogen-bond donors (Lipinski definition) is 0. The molecule has 7 nitrogen and oxygen atoms in total. The predicted octanol–water partition coefficient (Wildman–Crippen LogP) is 22.0. The van der Waals surface area contributed by atoms with Crippen LogP contribution < -0.4 is 41.8 Å². The molecule has 0 bridgehead atoms. The van der Waals surface area contributed by atoms with E-state index in [4.69, 9.17) is 19.9 Å². The summed E-state index contributed by atoms with van der Waals surface area (Å²) in [5, 5.41) is 20.2. The normalized spacial score (nSPS) is 13.0. The van der Waals surface area contributed by atoms with Gasteiger partial charge in [-0.15, -0.1) is 11.3 Å². The molecular weight excluding hydrogens is 1510 g/mol. The average Bonchev–Trinajstić information content (AvgIpc) is 1.54. The van der Waals surface area contributed by atoms with E-state index in [0.717, 1.165) is 95.1 Å². The van der Waals surface area contributed by atoms with Crippen molar-refractivity contribution in [1.29, 1.82) is 0 Å². The van der Waals surface area contributed by atoms with Gasteiger partial charge in [-0.1, -0.05) is 346 Å². The van der Waals surface area contributed by atoms with Gasteiger partial charge < -0.3 is 13.7 Å². The highest BCUT2D eigenvalue weighted by molar-refractivity contribution is 7.26. The molecule has 0 fully saturated rings. The molecule has 0 atom stereocenters. The Morgan fingerprint density at radius 3 is 0.950 bits per heavy atom. The molecule has 0 N–H and O–H groups in total. The van der Waals surface area contributed by atoms with Crippen LogP contribution in [0.1, 0.15) is 0 Å². The molecule has 0 saturated carbocycles. The quantitative estimate of drug-likeness (QED) is 0.121. The van der Waals surface area contributed by atoms with Crippen LogP contribution in [-0.2, 0) is 0 Å². The highest BCUT2D eigenvalue weighted by atomic mass is 32.1. The molecule has 0 radical (unpaired) electrons. The van der Waals surface area contributed by atoms with E-state index in [0.29, 0.717) is 0 Å². The van der Waals surface area contributed by atoms with Crippen LogP contribution in [0.2, 0.25) is 0 Å². The summed E-state index contributed by atoms with van der Waals surface area (Å²) in [7, 11) is -5.81. The lowest BCUT2D eigenvalue weighted by Crippen LogP contribution is -2.73. The summed E-state index contributed by atoms with van der Waals surface area (Å²) >= 11 is 1.87. The molecule has 560 valence electrons. The molecule has 8 heterocycles. The molecule has 120 heavy (non-hydrogen) atoms. The molecule has 2 aliphatic rings. The van der Waals surface area contributed by atoms with Gasteiger partial charge in [0.1, 0.15) is 0 Å². The molecule has 0 aliphatic carbocycles. The Kier molecular flexibility index (Phi) is 16.1. The van der Waals surface area contributed by atoms with Crippen molar-refractivity contribution in [2.45, 2.75) is 0 Å². The highest BCUT2D eigenvalue weighted by Gasteiger charge is 2.53. The van der Waals surface area contributed by atoms with E-state index in [1.165, 1.54) is 117 Å². The molecule has 2 aliphatic heterocycles. The number of aromatic nitrogens is 7. The van der Waals surface area contributed by atoms with Crippen LogP contribution in [0, 0.1) is 0 Å². The second-order valence-corrected chi connectivity index (χ2v) is 39.8. The zero-order chi connectivity index (χ0) is 79.0. The van der Waals surface area contributed by atoms with Crippen molar-refractivity contribution >= 4 is 155 Å². The first-order chi connectivity index (χ1) is 59.5. The van der Waals surface area contributed by atoms with Gasteiger partial charge in [-0.3, -0.25) is 0 Å². The van der Waals surface area contributed by atoms with Gasteiger partial charge in [0.15, 0.2) is 11.6 Å². The van der Waals surface area contributed by atoms with E-state index in [-0.39, 0.29) is 0 Å². The van der Waals surface area contributed by atoms with E-state index >= 15 is 0 Å². The Morgan fingerprint density at radius 2 is 0.525 bits per heavy atom. The minimum Gasteiger partial charge on any atom is -0.309 e. The molecule has 0 spiro atoms. The third-order valence-electron chi connectivity index (χ3n) is 25.0. The van der Waals surface area contributed by atoms with Gasteiger partial charge in [-0.2, -0.15) is 0 Å². The number of para-hydroxylation sites is 4. The van der Waals surface area contributed by atoms with Gasteiger partial charge in [-0.25, -0.2) is 19.9 Å². The summed E-state index contributed by atoms with van der Waals surface area (Å²) in [4.78, 5) is 22.8. The molecular formula is C110H71N7SSi2. The smallest absolute Gasteiger partial charge is 0.203 e. The predicted molar refractivity (Wildman–Crippen MR) is 507 cm³/mol.